The number of benzene rings is 2. The number of carbonyl (C=O) groups excluding carboxylic acids is 1. The molecule has 5 nitrogen and oxygen atoms in total. The topological polar surface area (TPSA) is 42.0 Å². The van der Waals surface area contributed by atoms with E-state index >= 15 is 0 Å². The summed E-state index contributed by atoms with van der Waals surface area (Å²) in [6.07, 6.45) is 0.635. The molecule has 1 unspecified atom stereocenters. The van der Waals surface area contributed by atoms with Crippen molar-refractivity contribution in [3.8, 4) is 5.75 Å². The van der Waals surface area contributed by atoms with E-state index in [0.29, 0.717) is 13.2 Å². The number of hydrogen-bond acceptors (Lipinski definition) is 4. The lowest BCUT2D eigenvalue weighted by Gasteiger charge is -2.45. The molecule has 2 aliphatic rings. The highest BCUT2D eigenvalue weighted by molar-refractivity contribution is 5.71. The van der Waals surface area contributed by atoms with Crippen LogP contribution in [0.5, 0.6) is 5.75 Å². The van der Waals surface area contributed by atoms with Crippen LogP contribution >= 0.6 is 0 Å². The molecule has 0 spiro atoms. The van der Waals surface area contributed by atoms with Crippen LogP contribution in [-0.4, -0.2) is 54.8 Å². The van der Waals surface area contributed by atoms with E-state index < -0.39 is 0 Å². The Morgan fingerprint density at radius 2 is 1.88 bits per heavy atom. The molecular formula is C21H24N2O3. The van der Waals surface area contributed by atoms with E-state index in [9.17, 15) is 4.79 Å². The number of cyclic esters (lactones) is 1. The molecule has 1 amide bonds. The van der Waals surface area contributed by atoms with E-state index in [-0.39, 0.29) is 11.6 Å². The predicted octanol–water partition coefficient (Wildman–Crippen LogP) is 2.94. The summed E-state index contributed by atoms with van der Waals surface area (Å²) < 4.78 is 10.8. The lowest BCUT2D eigenvalue weighted by atomic mass is 9.88. The maximum atomic E-state index is 12.2. The summed E-state index contributed by atoms with van der Waals surface area (Å²) >= 11 is 0. The van der Waals surface area contributed by atoms with Crippen LogP contribution in [0.2, 0.25) is 0 Å². The molecule has 26 heavy (non-hydrogen) atoms. The number of methoxy groups -OCH3 is 1. The van der Waals surface area contributed by atoms with Crippen LogP contribution in [0.4, 0.5) is 4.79 Å². The van der Waals surface area contributed by atoms with Gasteiger partial charge in [-0.25, -0.2) is 4.79 Å². The molecule has 2 aromatic carbocycles. The molecule has 2 aromatic rings. The van der Waals surface area contributed by atoms with Crippen molar-refractivity contribution < 1.29 is 14.3 Å². The second kappa shape index (κ2) is 7.00. The van der Waals surface area contributed by atoms with E-state index in [4.69, 9.17) is 9.47 Å². The van der Waals surface area contributed by atoms with Gasteiger partial charge in [-0.1, -0.05) is 42.5 Å². The minimum atomic E-state index is -0.282. The normalized spacial score (nSPS) is 22.8. The van der Waals surface area contributed by atoms with Crippen LogP contribution in [0.1, 0.15) is 11.1 Å². The largest absolute Gasteiger partial charge is 0.497 e. The highest BCUT2D eigenvalue weighted by Crippen LogP contribution is 2.33. The number of nitrogens with zero attached hydrogens (tertiary/aromatic N) is 2. The van der Waals surface area contributed by atoms with Crippen LogP contribution in [0, 0.1) is 0 Å². The number of piperazine rings is 1. The zero-order chi connectivity index (χ0) is 18.0. The third kappa shape index (κ3) is 3.27. The van der Waals surface area contributed by atoms with Gasteiger partial charge in [0.25, 0.3) is 0 Å². The molecule has 5 heteroatoms. The molecule has 0 aromatic heterocycles. The van der Waals surface area contributed by atoms with Crippen molar-refractivity contribution in [1.82, 2.24) is 9.80 Å². The van der Waals surface area contributed by atoms with Gasteiger partial charge in [0.05, 0.1) is 12.6 Å². The lowest BCUT2D eigenvalue weighted by molar-refractivity contribution is 0.0476. The lowest BCUT2D eigenvalue weighted by Crippen LogP contribution is -2.62. The standard InChI is InChI=1S/C21H24N2O3/c1-25-19-9-5-8-18(12-19)14-22-10-11-23-20(24)26-16-21(23,15-22)13-17-6-3-2-4-7-17/h2-9,12H,10-11,13-16H2,1H3. The molecule has 2 saturated heterocycles. The summed E-state index contributed by atoms with van der Waals surface area (Å²) in [5, 5.41) is 0. The van der Waals surface area contributed by atoms with E-state index in [0.717, 1.165) is 31.8 Å². The molecule has 0 bridgehead atoms. The molecule has 0 N–H and O–H groups in total. The van der Waals surface area contributed by atoms with E-state index in [1.807, 2.05) is 35.2 Å². The molecular weight excluding hydrogens is 328 g/mol. The third-order valence-electron chi connectivity index (χ3n) is 5.33. The van der Waals surface area contributed by atoms with Crippen LogP contribution in [0.15, 0.2) is 54.6 Å². The molecule has 2 heterocycles. The van der Waals surface area contributed by atoms with Gasteiger partial charge in [-0.05, 0) is 23.3 Å². The molecule has 0 aliphatic carbocycles. The van der Waals surface area contributed by atoms with Gasteiger partial charge in [0.1, 0.15) is 12.4 Å². The average molecular weight is 352 g/mol. The van der Waals surface area contributed by atoms with Crippen molar-refractivity contribution in [2.75, 3.05) is 33.4 Å². The van der Waals surface area contributed by atoms with Gasteiger partial charge in [0.15, 0.2) is 0 Å². The summed E-state index contributed by atoms with van der Waals surface area (Å²) in [5.41, 5.74) is 2.17. The molecule has 1 atom stereocenters. The van der Waals surface area contributed by atoms with Gasteiger partial charge in [0, 0.05) is 32.6 Å². The Balaban J connectivity index is 1.54. The Labute approximate surface area is 154 Å². The predicted molar refractivity (Wildman–Crippen MR) is 99.2 cm³/mol. The second-order valence-corrected chi connectivity index (χ2v) is 7.16. The minimum Gasteiger partial charge on any atom is -0.497 e. The second-order valence-electron chi connectivity index (χ2n) is 7.16. The molecule has 2 aliphatic heterocycles. The van der Waals surface area contributed by atoms with Gasteiger partial charge >= 0.3 is 6.09 Å². The van der Waals surface area contributed by atoms with Crippen LogP contribution < -0.4 is 4.74 Å². The highest BCUT2D eigenvalue weighted by Gasteiger charge is 2.50. The average Bonchev–Trinajstić information content (AvgIpc) is 2.98. The molecule has 0 saturated carbocycles. The summed E-state index contributed by atoms with van der Waals surface area (Å²) in [5.74, 6) is 0.875. The molecule has 136 valence electrons. The number of hydrogen-bond donors (Lipinski definition) is 0. The van der Waals surface area contributed by atoms with E-state index in [1.54, 1.807) is 7.11 Å². The van der Waals surface area contributed by atoms with Crippen molar-refractivity contribution in [2.45, 2.75) is 18.5 Å². The number of fused-ring (bicyclic) bond motifs is 1. The zero-order valence-corrected chi connectivity index (χ0v) is 15.1. The van der Waals surface area contributed by atoms with Crippen molar-refractivity contribution in [3.63, 3.8) is 0 Å². The molecule has 0 radical (unpaired) electrons. The van der Waals surface area contributed by atoms with Crippen molar-refractivity contribution in [3.05, 3.63) is 65.7 Å². The zero-order valence-electron chi connectivity index (χ0n) is 15.1. The first-order chi connectivity index (χ1) is 12.7. The van der Waals surface area contributed by atoms with Crippen LogP contribution in [-0.2, 0) is 17.7 Å². The molecule has 2 fully saturated rings. The first kappa shape index (κ1) is 16.9. The van der Waals surface area contributed by atoms with Gasteiger partial charge in [-0.3, -0.25) is 9.80 Å². The SMILES string of the molecule is COc1cccc(CN2CCN3C(=O)OCC3(Cc3ccccc3)C2)c1. The minimum absolute atomic E-state index is 0.179. The smallest absolute Gasteiger partial charge is 0.410 e. The summed E-state index contributed by atoms with van der Waals surface area (Å²) in [7, 11) is 1.69. The first-order valence-corrected chi connectivity index (χ1v) is 9.02. The van der Waals surface area contributed by atoms with E-state index in [2.05, 4.69) is 29.2 Å². The third-order valence-corrected chi connectivity index (χ3v) is 5.33. The van der Waals surface area contributed by atoms with Crippen molar-refractivity contribution >= 4 is 6.09 Å². The van der Waals surface area contributed by atoms with Gasteiger partial charge in [-0.15, -0.1) is 0 Å². The monoisotopic (exact) mass is 352 g/mol. The fourth-order valence-electron chi connectivity index (χ4n) is 4.08. The quantitative estimate of drug-likeness (QED) is 0.830. The van der Waals surface area contributed by atoms with Crippen LogP contribution in [0.25, 0.3) is 0 Å². The van der Waals surface area contributed by atoms with E-state index in [1.165, 1.54) is 11.1 Å². The van der Waals surface area contributed by atoms with Crippen LogP contribution in [0.3, 0.4) is 0 Å². The van der Waals surface area contributed by atoms with Gasteiger partial charge in [-0.2, -0.15) is 0 Å². The fraction of sp³-hybridized carbons (Fsp3) is 0.381. The summed E-state index contributed by atoms with van der Waals surface area (Å²) in [6, 6.07) is 18.5. The number of rotatable bonds is 5. The van der Waals surface area contributed by atoms with Gasteiger partial charge < -0.3 is 9.47 Å². The Bertz CT molecular complexity index is 780. The fourth-order valence-corrected chi connectivity index (χ4v) is 4.08. The van der Waals surface area contributed by atoms with Gasteiger partial charge in [0.2, 0.25) is 0 Å². The van der Waals surface area contributed by atoms with Crippen molar-refractivity contribution in [1.29, 1.82) is 0 Å². The number of ether oxygens (including phenoxy) is 2. The first-order valence-electron chi connectivity index (χ1n) is 9.02. The highest BCUT2D eigenvalue weighted by atomic mass is 16.6. The Hall–Kier alpha value is -2.53. The van der Waals surface area contributed by atoms with Crippen molar-refractivity contribution in [2.24, 2.45) is 0 Å². The number of amides is 1. The Kier molecular flexibility index (Phi) is 4.55. The Morgan fingerprint density at radius 1 is 1.08 bits per heavy atom. The summed E-state index contributed by atoms with van der Waals surface area (Å²) in [4.78, 5) is 16.6. The summed E-state index contributed by atoms with van der Waals surface area (Å²) in [6.45, 7) is 3.66. The number of carbonyl (C=O) groups is 1. The maximum Gasteiger partial charge on any atom is 0.410 e. The maximum absolute atomic E-state index is 12.2. The Morgan fingerprint density at radius 3 is 2.69 bits per heavy atom. The molecule has 4 rings (SSSR count).